The van der Waals surface area contributed by atoms with Crippen molar-refractivity contribution in [2.24, 2.45) is 11.7 Å². The highest BCUT2D eigenvalue weighted by Gasteiger charge is 2.07. The Hall–Kier alpha value is -1.09. The molecule has 1 unspecified atom stereocenters. The molecule has 1 rings (SSSR count). The number of pyridine rings is 1. The number of nitrogens with one attached hydrogen (secondary N) is 1. The second-order valence-corrected chi connectivity index (χ2v) is 4.28. The Morgan fingerprint density at radius 1 is 1.44 bits per heavy atom. The lowest BCUT2D eigenvalue weighted by Gasteiger charge is -2.17. The number of anilines is 1. The summed E-state index contributed by atoms with van der Waals surface area (Å²) in [6, 6.07) is 4.04. The van der Waals surface area contributed by atoms with Crippen LogP contribution in [0.5, 0.6) is 0 Å². The topological polar surface area (TPSA) is 50.9 Å². The molecule has 1 heterocycles. The minimum atomic E-state index is 0.663. The van der Waals surface area contributed by atoms with Gasteiger partial charge in [-0.2, -0.15) is 0 Å². The van der Waals surface area contributed by atoms with Crippen LogP contribution in [-0.4, -0.2) is 18.1 Å². The van der Waals surface area contributed by atoms with Gasteiger partial charge in [-0.3, -0.25) is 0 Å². The highest BCUT2D eigenvalue weighted by molar-refractivity contribution is 5.42. The van der Waals surface area contributed by atoms with Gasteiger partial charge in [-0.05, 0) is 43.9 Å². The fourth-order valence-electron chi connectivity index (χ4n) is 1.90. The highest BCUT2D eigenvalue weighted by Crippen LogP contribution is 2.14. The number of nitrogens with two attached hydrogens (primary N) is 1. The molecule has 1 aromatic rings. The Bertz CT molecular complexity index is 293. The molecule has 1 aromatic heterocycles. The van der Waals surface area contributed by atoms with Crippen molar-refractivity contribution >= 4 is 5.82 Å². The first-order valence-electron chi connectivity index (χ1n) is 6.13. The molecule has 0 aliphatic carbocycles. The molecule has 16 heavy (non-hydrogen) atoms. The molecule has 1 atom stereocenters. The standard InChI is InChI=1S/C13H23N3/c1-3-5-12(7-8-14)10-16-13-11(2)6-4-9-15-13/h4,6,9,12H,3,5,7-8,10,14H2,1-2H3,(H,15,16). The first-order chi connectivity index (χ1) is 7.77. The van der Waals surface area contributed by atoms with Crippen molar-refractivity contribution in [2.45, 2.75) is 33.1 Å². The van der Waals surface area contributed by atoms with Gasteiger partial charge in [0, 0.05) is 12.7 Å². The average Bonchev–Trinajstić information content (AvgIpc) is 2.28. The number of hydrogen-bond acceptors (Lipinski definition) is 3. The third-order valence-electron chi connectivity index (χ3n) is 2.84. The molecule has 90 valence electrons. The summed E-state index contributed by atoms with van der Waals surface area (Å²) in [5, 5.41) is 3.42. The molecule has 0 spiro atoms. The van der Waals surface area contributed by atoms with Crippen LogP contribution in [-0.2, 0) is 0 Å². The second kappa shape index (κ2) is 7.23. The Morgan fingerprint density at radius 2 is 2.25 bits per heavy atom. The number of rotatable bonds is 7. The summed E-state index contributed by atoms with van der Waals surface area (Å²) in [7, 11) is 0. The van der Waals surface area contributed by atoms with Crippen LogP contribution in [0.4, 0.5) is 5.82 Å². The summed E-state index contributed by atoms with van der Waals surface area (Å²) in [6.45, 7) is 6.04. The van der Waals surface area contributed by atoms with Crippen LogP contribution >= 0.6 is 0 Å². The van der Waals surface area contributed by atoms with E-state index >= 15 is 0 Å². The zero-order valence-corrected chi connectivity index (χ0v) is 10.4. The minimum Gasteiger partial charge on any atom is -0.370 e. The van der Waals surface area contributed by atoms with Gasteiger partial charge in [0.2, 0.25) is 0 Å². The third kappa shape index (κ3) is 4.19. The minimum absolute atomic E-state index is 0.663. The molecule has 3 N–H and O–H groups in total. The van der Waals surface area contributed by atoms with Crippen LogP contribution < -0.4 is 11.1 Å². The lowest BCUT2D eigenvalue weighted by Crippen LogP contribution is -2.18. The molecule has 0 aliphatic rings. The van der Waals surface area contributed by atoms with Crippen LogP contribution in [0, 0.1) is 12.8 Å². The summed E-state index contributed by atoms with van der Waals surface area (Å²) in [5.74, 6) is 1.66. The summed E-state index contributed by atoms with van der Waals surface area (Å²) < 4.78 is 0. The maximum Gasteiger partial charge on any atom is 0.128 e. The van der Waals surface area contributed by atoms with Crippen LogP contribution in [0.2, 0.25) is 0 Å². The summed E-state index contributed by atoms with van der Waals surface area (Å²) in [4.78, 5) is 4.33. The molecule has 0 amide bonds. The Labute approximate surface area is 98.5 Å². The molecule has 3 nitrogen and oxygen atoms in total. The van der Waals surface area contributed by atoms with E-state index in [4.69, 9.17) is 5.73 Å². The van der Waals surface area contributed by atoms with Gasteiger partial charge >= 0.3 is 0 Å². The van der Waals surface area contributed by atoms with Crippen molar-refractivity contribution in [3.8, 4) is 0 Å². The first kappa shape index (κ1) is 13.0. The highest BCUT2D eigenvalue weighted by atomic mass is 15.0. The van der Waals surface area contributed by atoms with E-state index in [9.17, 15) is 0 Å². The van der Waals surface area contributed by atoms with Crippen molar-refractivity contribution in [1.82, 2.24) is 4.98 Å². The molecule has 0 aliphatic heterocycles. The SMILES string of the molecule is CCCC(CCN)CNc1ncccc1C. The average molecular weight is 221 g/mol. The van der Waals surface area contributed by atoms with Crippen molar-refractivity contribution in [1.29, 1.82) is 0 Å². The van der Waals surface area contributed by atoms with Gasteiger partial charge in [-0.1, -0.05) is 19.4 Å². The summed E-state index contributed by atoms with van der Waals surface area (Å²) in [5.41, 5.74) is 6.81. The van der Waals surface area contributed by atoms with E-state index in [0.717, 1.165) is 25.3 Å². The van der Waals surface area contributed by atoms with Crippen molar-refractivity contribution < 1.29 is 0 Å². The van der Waals surface area contributed by atoms with E-state index in [-0.39, 0.29) is 0 Å². The molecule has 0 radical (unpaired) electrons. The predicted molar refractivity (Wildman–Crippen MR) is 69.5 cm³/mol. The fourth-order valence-corrected chi connectivity index (χ4v) is 1.90. The van der Waals surface area contributed by atoms with Gasteiger partial charge in [0.1, 0.15) is 5.82 Å². The predicted octanol–water partition coefficient (Wildman–Crippen LogP) is 2.57. The van der Waals surface area contributed by atoms with Gasteiger partial charge < -0.3 is 11.1 Å². The van der Waals surface area contributed by atoms with Gasteiger partial charge in [0.05, 0.1) is 0 Å². The summed E-state index contributed by atoms with van der Waals surface area (Å²) in [6.07, 6.45) is 5.36. The zero-order valence-electron chi connectivity index (χ0n) is 10.4. The van der Waals surface area contributed by atoms with Crippen LogP contribution in [0.1, 0.15) is 31.7 Å². The molecule has 0 saturated carbocycles. The Balaban J connectivity index is 2.45. The first-order valence-corrected chi connectivity index (χ1v) is 6.13. The molecular formula is C13H23N3. The second-order valence-electron chi connectivity index (χ2n) is 4.28. The lowest BCUT2D eigenvalue weighted by atomic mass is 10.00. The van der Waals surface area contributed by atoms with Crippen LogP contribution in [0.15, 0.2) is 18.3 Å². The number of aromatic nitrogens is 1. The normalized spacial score (nSPS) is 12.4. The lowest BCUT2D eigenvalue weighted by molar-refractivity contribution is 0.473. The smallest absolute Gasteiger partial charge is 0.128 e. The molecule has 0 saturated heterocycles. The van der Waals surface area contributed by atoms with Crippen LogP contribution in [0.3, 0.4) is 0 Å². The van der Waals surface area contributed by atoms with Crippen molar-refractivity contribution in [2.75, 3.05) is 18.4 Å². The van der Waals surface area contributed by atoms with Gasteiger partial charge in [-0.15, -0.1) is 0 Å². The van der Waals surface area contributed by atoms with Gasteiger partial charge in [0.15, 0.2) is 0 Å². The van der Waals surface area contributed by atoms with Gasteiger partial charge in [-0.25, -0.2) is 4.98 Å². The molecular weight excluding hydrogens is 198 g/mol. The number of hydrogen-bond donors (Lipinski definition) is 2. The zero-order chi connectivity index (χ0) is 11.8. The maximum atomic E-state index is 5.62. The maximum absolute atomic E-state index is 5.62. The largest absolute Gasteiger partial charge is 0.370 e. The summed E-state index contributed by atoms with van der Waals surface area (Å²) >= 11 is 0. The quantitative estimate of drug-likeness (QED) is 0.744. The van der Waals surface area contributed by atoms with E-state index in [0.29, 0.717) is 5.92 Å². The molecule has 3 heteroatoms. The van der Waals surface area contributed by atoms with Gasteiger partial charge in [0.25, 0.3) is 0 Å². The third-order valence-corrected chi connectivity index (χ3v) is 2.84. The molecule has 0 bridgehead atoms. The van der Waals surface area contributed by atoms with E-state index in [1.807, 2.05) is 12.3 Å². The van der Waals surface area contributed by atoms with E-state index < -0.39 is 0 Å². The van der Waals surface area contributed by atoms with E-state index in [1.165, 1.54) is 18.4 Å². The monoisotopic (exact) mass is 221 g/mol. The fraction of sp³-hybridized carbons (Fsp3) is 0.615. The van der Waals surface area contributed by atoms with Crippen molar-refractivity contribution in [3.63, 3.8) is 0 Å². The van der Waals surface area contributed by atoms with E-state index in [2.05, 4.69) is 30.2 Å². The van der Waals surface area contributed by atoms with Crippen LogP contribution in [0.25, 0.3) is 0 Å². The number of nitrogens with zero attached hydrogens (tertiary/aromatic N) is 1. The molecule has 0 fully saturated rings. The molecule has 0 aromatic carbocycles. The Kier molecular flexibility index (Phi) is 5.86. The Morgan fingerprint density at radius 3 is 2.88 bits per heavy atom. The number of aryl methyl sites for hydroxylation is 1. The van der Waals surface area contributed by atoms with E-state index in [1.54, 1.807) is 0 Å². The van der Waals surface area contributed by atoms with Crippen molar-refractivity contribution in [3.05, 3.63) is 23.9 Å².